The van der Waals surface area contributed by atoms with Crippen LogP contribution in [0.25, 0.3) is 0 Å². The van der Waals surface area contributed by atoms with Crippen LogP contribution in [0, 0.1) is 0 Å². The van der Waals surface area contributed by atoms with Gasteiger partial charge in [0.05, 0.1) is 0 Å². The first-order valence-electron chi connectivity index (χ1n) is 4.84. The Morgan fingerprint density at radius 1 is 1.07 bits per heavy atom. The highest BCUT2D eigenvalue weighted by molar-refractivity contribution is 7.19. The molecule has 0 spiro atoms. The number of benzene rings is 1. The Balaban J connectivity index is 2.52. The van der Waals surface area contributed by atoms with E-state index < -0.39 is 7.38 Å². The Bertz CT molecular complexity index is 274. The van der Waals surface area contributed by atoms with E-state index in [4.69, 9.17) is 22.7 Å². The zero-order valence-electron chi connectivity index (χ0n) is 8.69. The maximum absolute atomic E-state index is 6.26. The highest BCUT2D eigenvalue weighted by Crippen LogP contribution is 2.18. The van der Waals surface area contributed by atoms with Crippen LogP contribution in [0.15, 0.2) is 24.3 Å². The van der Waals surface area contributed by atoms with Gasteiger partial charge in [-0.05, 0) is 23.6 Å². The van der Waals surface area contributed by atoms with Gasteiger partial charge in [0, 0.05) is 5.88 Å². The van der Waals surface area contributed by atoms with E-state index in [0.29, 0.717) is 5.88 Å². The quantitative estimate of drug-likeness (QED) is 0.420. The molecule has 0 heterocycles. The highest BCUT2D eigenvalue weighted by atomic mass is 35.6. The van der Waals surface area contributed by atoms with Gasteiger partial charge in [-0.1, -0.05) is 37.4 Å². The molecule has 0 amide bonds. The predicted octanol–water partition coefficient (Wildman–Crippen LogP) is 4.41. The Morgan fingerprint density at radius 3 is 2.00 bits per heavy atom. The van der Waals surface area contributed by atoms with Gasteiger partial charge in [0.2, 0.25) is 0 Å². The Morgan fingerprint density at radius 2 is 1.57 bits per heavy atom. The first-order chi connectivity index (χ1) is 6.51. The standard InChI is InChI=1S/C11H16Cl2Si/c1-14(2,13)8-7-10-3-5-11(9-12)6-4-10/h3-6H,7-9H2,1-2H3. The van der Waals surface area contributed by atoms with Crippen molar-refractivity contribution in [2.24, 2.45) is 0 Å². The molecular formula is C11H16Cl2Si. The summed E-state index contributed by atoms with van der Waals surface area (Å²) >= 11 is 12.0. The molecular weight excluding hydrogens is 231 g/mol. The molecule has 0 bridgehead atoms. The average Bonchev–Trinajstić information content (AvgIpc) is 2.14. The number of rotatable bonds is 4. The van der Waals surface area contributed by atoms with Crippen LogP contribution in [0.3, 0.4) is 0 Å². The Hall–Kier alpha value is 0.0169. The monoisotopic (exact) mass is 246 g/mol. The van der Waals surface area contributed by atoms with Crippen molar-refractivity contribution in [2.45, 2.75) is 31.4 Å². The van der Waals surface area contributed by atoms with Crippen molar-refractivity contribution in [3.05, 3.63) is 35.4 Å². The number of aryl methyl sites for hydroxylation is 1. The van der Waals surface area contributed by atoms with Crippen LogP contribution in [0.2, 0.25) is 19.1 Å². The zero-order chi connectivity index (χ0) is 10.6. The number of hydrogen-bond acceptors (Lipinski definition) is 0. The maximum Gasteiger partial charge on any atom is 0.150 e. The minimum absolute atomic E-state index is 0.593. The summed E-state index contributed by atoms with van der Waals surface area (Å²) in [6.07, 6.45) is 1.09. The van der Waals surface area contributed by atoms with Gasteiger partial charge >= 0.3 is 0 Å². The van der Waals surface area contributed by atoms with Crippen LogP contribution in [0.1, 0.15) is 11.1 Å². The number of halogens is 2. The Labute approximate surface area is 96.9 Å². The SMILES string of the molecule is C[Si](C)(Cl)CCc1ccc(CCl)cc1. The van der Waals surface area contributed by atoms with E-state index in [9.17, 15) is 0 Å². The van der Waals surface area contributed by atoms with Crippen LogP contribution < -0.4 is 0 Å². The number of alkyl halides is 1. The lowest BCUT2D eigenvalue weighted by Crippen LogP contribution is -2.16. The lowest BCUT2D eigenvalue weighted by Gasteiger charge is -2.12. The summed E-state index contributed by atoms with van der Waals surface area (Å²) in [7, 11) is -1.42. The molecule has 0 saturated carbocycles. The molecule has 78 valence electrons. The molecule has 0 aromatic heterocycles. The average molecular weight is 247 g/mol. The van der Waals surface area contributed by atoms with Crippen molar-refractivity contribution in [1.29, 1.82) is 0 Å². The molecule has 1 rings (SSSR count). The fraction of sp³-hybridized carbons (Fsp3) is 0.455. The van der Waals surface area contributed by atoms with Gasteiger partial charge in [0.1, 0.15) is 0 Å². The van der Waals surface area contributed by atoms with E-state index in [0.717, 1.165) is 12.5 Å². The van der Waals surface area contributed by atoms with Crippen molar-refractivity contribution in [3.63, 3.8) is 0 Å². The molecule has 0 nitrogen and oxygen atoms in total. The summed E-state index contributed by atoms with van der Waals surface area (Å²) in [6.45, 7) is 4.36. The van der Waals surface area contributed by atoms with Gasteiger partial charge < -0.3 is 0 Å². The first-order valence-corrected chi connectivity index (χ1v) is 9.59. The van der Waals surface area contributed by atoms with Crippen molar-refractivity contribution in [1.82, 2.24) is 0 Å². The van der Waals surface area contributed by atoms with Crippen molar-refractivity contribution >= 4 is 30.1 Å². The van der Waals surface area contributed by atoms with Gasteiger partial charge in [-0.3, -0.25) is 0 Å². The summed E-state index contributed by atoms with van der Waals surface area (Å²) in [4.78, 5) is 0. The minimum Gasteiger partial charge on any atom is -0.168 e. The molecule has 0 aliphatic heterocycles. The fourth-order valence-corrected chi connectivity index (χ4v) is 2.58. The molecule has 1 aromatic rings. The zero-order valence-corrected chi connectivity index (χ0v) is 11.2. The number of hydrogen-bond donors (Lipinski definition) is 0. The smallest absolute Gasteiger partial charge is 0.150 e. The molecule has 0 unspecified atom stereocenters. The first kappa shape index (κ1) is 12.1. The topological polar surface area (TPSA) is 0 Å². The van der Waals surface area contributed by atoms with Gasteiger partial charge in [-0.15, -0.1) is 11.6 Å². The van der Waals surface area contributed by atoms with Crippen molar-refractivity contribution < 1.29 is 0 Å². The summed E-state index contributed by atoms with van der Waals surface area (Å²) in [5.41, 5.74) is 2.54. The van der Waals surface area contributed by atoms with Gasteiger partial charge in [0.15, 0.2) is 7.38 Å². The molecule has 1 aromatic carbocycles. The second-order valence-corrected chi connectivity index (χ2v) is 11.4. The van der Waals surface area contributed by atoms with Crippen LogP contribution in [-0.2, 0) is 12.3 Å². The van der Waals surface area contributed by atoms with Crippen LogP contribution in [0.5, 0.6) is 0 Å². The van der Waals surface area contributed by atoms with Gasteiger partial charge in [-0.2, -0.15) is 11.1 Å². The second kappa shape index (κ2) is 5.20. The molecule has 14 heavy (non-hydrogen) atoms. The molecule has 0 N–H and O–H groups in total. The third-order valence-corrected chi connectivity index (χ3v) is 4.50. The lowest BCUT2D eigenvalue weighted by atomic mass is 10.1. The van der Waals surface area contributed by atoms with E-state index in [1.807, 2.05) is 0 Å². The van der Waals surface area contributed by atoms with E-state index in [1.165, 1.54) is 11.1 Å². The van der Waals surface area contributed by atoms with Gasteiger partial charge in [0.25, 0.3) is 0 Å². The van der Waals surface area contributed by atoms with E-state index in [-0.39, 0.29) is 0 Å². The van der Waals surface area contributed by atoms with Gasteiger partial charge in [-0.25, -0.2) is 0 Å². The molecule has 0 fully saturated rings. The Kier molecular flexibility index (Phi) is 4.49. The fourth-order valence-electron chi connectivity index (χ4n) is 1.24. The molecule has 0 aliphatic rings. The third-order valence-electron chi connectivity index (χ3n) is 2.19. The van der Waals surface area contributed by atoms with Crippen molar-refractivity contribution in [2.75, 3.05) is 0 Å². The van der Waals surface area contributed by atoms with Crippen LogP contribution >= 0.6 is 22.7 Å². The molecule has 0 radical (unpaired) electrons. The largest absolute Gasteiger partial charge is 0.168 e. The van der Waals surface area contributed by atoms with Crippen LogP contribution in [-0.4, -0.2) is 7.38 Å². The summed E-state index contributed by atoms with van der Waals surface area (Å²) in [5, 5.41) is 0. The third kappa shape index (κ3) is 4.49. The highest BCUT2D eigenvalue weighted by Gasteiger charge is 2.15. The summed E-state index contributed by atoms with van der Waals surface area (Å²) < 4.78 is 0. The van der Waals surface area contributed by atoms with E-state index >= 15 is 0 Å². The van der Waals surface area contributed by atoms with Crippen LogP contribution in [0.4, 0.5) is 0 Å². The molecule has 0 atom stereocenters. The minimum atomic E-state index is -1.42. The molecule has 0 saturated heterocycles. The normalized spacial score (nSPS) is 11.7. The van der Waals surface area contributed by atoms with E-state index in [1.54, 1.807) is 0 Å². The van der Waals surface area contributed by atoms with E-state index in [2.05, 4.69) is 37.4 Å². The predicted molar refractivity (Wildman–Crippen MR) is 67.8 cm³/mol. The summed E-state index contributed by atoms with van der Waals surface area (Å²) in [5.74, 6) is 0.593. The van der Waals surface area contributed by atoms with Crippen molar-refractivity contribution in [3.8, 4) is 0 Å². The molecule has 0 aliphatic carbocycles. The summed E-state index contributed by atoms with van der Waals surface area (Å²) in [6, 6.07) is 9.61. The molecule has 3 heteroatoms. The second-order valence-electron chi connectivity index (χ2n) is 4.17. The lowest BCUT2D eigenvalue weighted by molar-refractivity contribution is 1.10. The maximum atomic E-state index is 6.26.